The number of rotatable bonds is 4. The summed E-state index contributed by atoms with van der Waals surface area (Å²) < 4.78 is 1.03. The lowest BCUT2D eigenvalue weighted by Crippen LogP contribution is -2.12. The van der Waals surface area contributed by atoms with Crippen molar-refractivity contribution in [2.24, 2.45) is 0 Å². The van der Waals surface area contributed by atoms with Crippen molar-refractivity contribution in [2.45, 2.75) is 12.8 Å². The summed E-state index contributed by atoms with van der Waals surface area (Å²) in [4.78, 5) is 12.7. The molecule has 0 saturated heterocycles. The van der Waals surface area contributed by atoms with Crippen molar-refractivity contribution >= 4 is 28.5 Å². The van der Waals surface area contributed by atoms with Gasteiger partial charge in [-0.15, -0.1) is 0 Å². The van der Waals surface area contributed by atoms with E-state index in [-0.39, 0.29) is 0 Å². The van der Waals surface area contributed by atoms with E-state index in [1.807, 2.05) is 24.4 Å². The van der Waals surface area contributed by atoms with Crippen molar-refractivity contribution in [3.63, 3.8) is 0 Å². The van der Waals surface area contributed by atoms with Crippen molar-refractivity contribution in [3.8, 4) is 0 Å². The Morgan fingerprint density at radius 3 is 2.65 bits per heavy atom. The largest absolute Gasteiger partial charge is 0.354 e. The van der Waals surface area contributed by atoms with E-state index < -0.39 is 0 Å². The molecule has 88 valence electrons. The van der Waals surface area contributed by atoms with Gasteiger partial charge in [0.1, 0.15) is 0 Å². The number of pyridine rings is 1. The summed E-state index contributed by atoms with van der Waals surface area (Å²) in [6.07, 6.45) is 5.40. The van der Waals surface area contributed by atoms with Gasteiger partial charge in [-0.25, -0.2) is 9.97 Å². The first kappa shape index (κ1) is 12.2. The smallest absolute Gasteiger partial charge is 0.222 e. The summed E-state index contributed by atoms with van der Waals surface area (Å²) >= 11 is 2.18. The number of nitrogens with one attached hydrogen (secondary N) is 1. The van der Waals surface area contributed by atoms with E-state index in [9.17, 15) is 0 Å². The summed E-state index contributed by atoms with van der Waals surface area (Å²) in [6, 6.07) is 5.95. The maximum atomic E-state index is 4.32. The second-order valence-electron chi connectivity index (χ2n) is 3.76. The predicted molar refractivity (Wildman–Crippen MR) is 75.9 cm³/mol. The highest BCUT2D eigenvalue weighted by Crippen LogP contribution is 2.12. The highest BCUT2D eigenvalue weighted by atomic mass is 127. The van der Waals surface area contributed by atoms with Gasteiger partial charge in [-0.2, -0.15) is 0 Å². The van der Waals surface area contributed by atoms with Crippen molar-refractivity contribution < 1.29 is 0 Å². The highest BCUT2D eigenvalue weighted by molar-refractivity contribution is 14.1. The molecule has 17 heavy (non-hydrogen) atoms. The van der Waals surface area contributed by atoms with Crippen molar-refractivity contribution in [1.29, 1.82) is 0 Å². The van der Waals surface area contributed by atoms with Crippen LogP contribution in [0.1, 0.15) is 18.5 Å². The maximum Gasteiger partial charge on any atom is 0.222 e. The topological polar surface area (TPSA) is 50.7 Å². The second kappa shape index (κ2) is 5.90. The molecule has 2 rings (SSSR count). The van der Waals surface area contributed by atoms with Crippen LogP contribution in [0.2, 0.25) is 0 Å². The van der Waals surface area contributed by atoms with Crippen LogP contribution in [-0.4, -0.2) is 21.5 Å². The fraction of sp³-hybridized carbons (Fsp3) is 0.250. The number of nitrogens with zero attached hydrogens (tertiary/aromatic N) is 3. The quantitative estimate of drug-likeness (QED) is 0.870. The normalized spacial score (nSPS) is 12.1. The van der Waals surface area contributed by atoms with Crippen LogP contribution in [0.25, 0.3) is 0 Å². The Hall–Kier alpha value is -1.24. The molecule has 0 aliphatic rings. The first-order valence-electron chi connectivity index (χ1n) is 5.38. The van der Waals surface area contributed by atoms with Gasteiger partial charge in [-0.3, -0.25) is 4.98 Å². The van der Waals surface area contributed by atoms with Gasteiger partial charge in [-0.05, 0) is 34.7 Å². The molecule has 0 aromatic carbocycles. The molecule has 0 amide bonds. The molecule has 0 aliphatic carbocycles. The molecule has 0 saturated carbocycles. The molecule has 0 bridgehead atoms. The molecule has 2 aromatic rings. The van der Waals surface area contributed by atoms with Gasteiger partial charge in [-0.1, -0.05) is 13.0 Å². The average molecular weight is 340 g/mol. The first-order chi connectivity index (χ1) is 8.25. The van der Waals surface area contributed by atoms with Crippen molar-refractivity contribution in [3.05, 3.63) is 46.1 Å². The molecule has 4 nitrogen and oxygen atoms in total. The van der Waals surface area contributed by atoms with Gasteiger partial charge in [0.2, 0.25) is 5.95 Å². The third-order valence-corrected chi connectivity index (χ3v) is 2.94. The van der Waals surface area contributed by atoms with E-state index in [0.29, 0.717) is 11.9 Å². The Bertz CT molecular complexity index is 458. The van der Waals surface area contributed by atoms with Gasteiger partial charge >= 0.3 is 0 Å². The first-order valence-corrected chi connectivity index (χ1v) is 6.46. The minimum absolute atomic E-state index is 0.332. The molecule has 0 radical (unpaired) electrons. The Balaban J connectivity index is 1.92. The fourth-order valence-corrected chi connectivity index (χ4v) is 1.70. The minimum atomic E-state index is 0.332. The van der Waals surface area contributed by atoms with Gasteiger partial charge in [0.15, 0.2) is 0 Å². The number of halogens is 1. The monoisotopic (exact) mass is 340 g/mol. The van der Waals surface area contributed by atoms with Crippen molar-refractivity contribution in [2.75, 3.05) is 11.9 Å². The summed E-state index contributed by atoms with van der Waals surface area (Å²) in [5, 5.41) is 3.20. The maximum absolute atomic E-state index is 4.32. The van der Waals surface area contributed by atoms with Crippen molar-refractivity contribution in [1.82, 2.24) is 15.0 Å². The zero-order valence-electron chi connectivity index (χ0n) is 9.47. The predicted octanol–water partition coefficient (Wildman–Crippen LogP) is 2.69. The molecule has 2 heterocycles. The third kappa shape index (κ3) is 3.62. The zero-order valence-corrected chi connectivity index (χ0v) is 11.6. The van der Waals surface area contributed by atoms with Crippen LogP contribution in [0.5, 0.6) is 0 Å². The second-order valence-corrected chi connectivity index (χ2v) is 5.01. The molecular weight excluding hydrogens is 327 g/mol. The molecule has 0 spiro atoms. The Kier molecular flexibility index (Phi) is 4.24. The highest BCUT2D eigenvalue weighted by Gasteiger charge is 2.06. The summed E-state index contributed by atoms with van der Waals surface area (Å²) in [5.41, 5.74) is 1.07. The Morgan fingerprint density at radius 1 is 1.24 bits per heavy atom. The molecule has 2 aromatic heterocycles. The molecule has 1 N–H and O–H groups in total. The number of anilines is 1. The van der Waals surface area contributed by atoms with Gasteiger partial charge in [0.05, 0.1) is 0 Å². The molecule has 0 aliphatic heterocycles. The summed E-state index contributed by atoms with van der Waals surface area (Å²) in [5.74, 6) is 0.993. The number of hydrogen-bond donors (Lipinski definition) is 1. The van der Waals surface area contributed by atoms with Gasteiger partial charge in [0, 0.05) is 40.3 Å². The Morgan fingerprint density at radius 2 is 2.00 bits per heavy atom. The van der Waals surface area contributed by atoms with Crippen LogP contribution >= 0.6 is 22.6 Å². The van der Waals surface area contributed by atoms with Gasteiger partial charge < -0.3 is 5.32 Å². The van der Waals surface area contributed by atoms with Crippen LogP contribution in [0.4, 0.5) is 5.95 Å². The van der Waals surface area contributed by atoms with E-state index in [1.54, 1.807) is 12.4 Å². The molecule has 1 unspecified atom stereocenters. The molecular formula is C12H13IN4. The SMILES string of the molecule is CC(CNc1ncc(I)cn1)c1ccccn1. The van der Waals surface area contributed by atoms with Crippen LogP contribution in [0.15, 0.2) is 36.8 Å². The summed E-state index contributed by atoms with van der Waals surface area (Å²) in [6.45, 7) is 2.90. The lowest BCUT2D eigenvalue weighted by molar-refractivity contribution is 0.765. The Labute approximate surface area is 114 Å². The standard InChI is InChI=1S/C12H13IN4/c1-9(11-4-2-3-5-14-11)6-15-12-16-7-10(13)8-17-12/h2-5,7-9H,6H2,1H3,(H,15,16,17). The third-order valence-electron chi connectivity index (χ3n) is 2.38. The molecule has 1 atom stereocenters. The zero-order chi connectivity index (χ0) is 12.1. The number of aromatic nitrogens is 3. The van der Waals surface area contributed by atoms with E-state index in [2.05, 4.69) is 49.8 Å². The fourth-order valence-electron chi connectivity index (χ4n) is 1.42. The number of hydrogen-bond acceptors (Lipinski definition) is 4. The average Bonchev–Trinajstić information content (AvgIpc) is 2.39. The van der Waals surface area contributed by atoms with Gasteiger partial charge in [0.25, 0.3) is 0 Å². The van der Waals surface area contributed by atoms with Crippen LogP contribution in [0, 0.1) is 3.57 Å². The van der Waals surface area contributed by atoms with E-state index in [1.165, 1.54) is 0 Å². The summed E-state index contributed by atoms with van der Waals surface area (Å²) in [7, 11) is 0. The molecule has 0 fully saturated rings. The van der Waals surface area contributed by atoms with Crippen LogP contribution in [0.3, 0.4) is 0 Å². The minimum Gasteiger partial charge on any atom is -0.354 e. The van der Waals surface area contributed by atoms with Crippen LogP contribution in [-0.2, 0) is 0 Å². The van der Waals surface area contributed by atoms with E-state index in [4.69, 9.17) is 0 Å². The van der Waals surface area contributed by atoms with Crippen LogP contribution < -0.4 is 5.32 Å². The lowest BCUT2D eigenvalue weighted by Gasteiger charge is -2.11. The van der Waals surface area contributed by atoms with E-state index in [0.717, 1.165) is 15.8 Å². The molecule has 5 heteroatoms. The van der Waals surface area contributed by atoms with E-state index >= 15 is 0 Å². The lowest BCUT2D eigenvalue weighted by atomic mass is 10.1.